The number of rotatable bonds is 6. The summed E-state index contributed by atoms with van der Waals surface area (Å²) < 4.78 is 0. The van der Waals surface area contributed by atoms with Gasteiger partial charge in [-0.25, -0.2) is 9.97 Å². The van der Waals surface area contributed by atoms with Crippen LogP contribution in [0.15, 0.2) is 48.7 Å². The minimum absolute atomic E-state index is 0.221. The van der Waals surface area contributed by atoms with Crippen LogP contribution < -0.4 is 11.5 Å². The van der Waals surface area contributed by atoms with Crippen molar-refractivity contribution < 1.29 is 0 Å². The van der Waals surface area contributed by atoms with Gasteiger partial charge in [0.1, 0.15) is 5.82 Å². The van der Waals surface area contributed by atoms with Gasteiger partial charge in [-0.15, -0.1) is 0 Å². The second-order valence-corrected chi connectivity index (χ2v) is 5.88. The van der Waals surface area contributed by atoms with Gasteiger partial charge in [-0.2, -0.15) is 0 Å². The molecule has 0 saturated carbocycles. The summed E-state index contributed by atoms with van der Waals surface area (Å²) in [7, 11) is 0. The molecule has 0 bridgehead atoms. The highest BCUT2D eigenvalue weighted by molar-refractivity contribution is 5.86. The van der Waals surface area contributed by atoms with Gasteiger partial charge in [-0.3, -0.25) is 5.41 Å². The van der Waals surface area contributed by atoms with E-state index >= 15 is 0 Å². The van der Waals surface area contributed by atoms with E-state index in [1.54, 1.807) is 6.20 Å². The van der Waals surface area contributed by atoms with Gasteiger partial charge in [0.15, 0.2) is 0 Å². The number of benzene rings is 2. The van der Waals surface area contributed by atoms with Crippen molar-refractivity contribution in [2.45, 2.75) is 25.7 Å². The van der Waals surface area contributed by atoms with E-state index in [1.807, 2.05) is 12.1 Å². The monoisotopic (exact) mass is 319 g/mol. The first-order valence-electron chi connectivity index (χ1n) is 8.07. The summed E-state index contributed by atoms with van der Waals surface area (Å²) in [6.07, 6.45) is 4.82. The fourth-order valence-electron chi connectivity index (χ4n) is 2.72. The van der Waals surface area contributed by atoms with E-state index in [0.29, 0.717) is 12.2 Å². The molecule has 0 saturated heterocycles. The zero-order chi connectivity index (χ0) is 16.9. The SMILES string of the molecule is N=C(N)CCCCc1nc(-c2ccc3ccccc3c2)cnc1N. The number of nitrogens with two attached hydrogens (primary N) is 2. The van der Waals surface area contributed by atoms with Gasteiger partial charge in [0.05, 0.1) is 23.4 Å². The first-order chi connectivity index (χ1) is 11.6. The smallest absolute Gasteiger partial charge is 0.145 e. The number of nitrogen functional groups attached to an aromatic ring is 1. The molecule has 1 aromatic heterocycles. The highest BCUT2D eigenvalue weighted by Gasteiger charge is 2.07. The lowest BCUT2D eigenvalue weighted by atomic mass is 10.0. The molecule has 0 unspecified atom stereocenters. The molecule has 1 heterocycles. The molecule has 2 aromatic carbocycles. The van der Waals surface area contributed by atoms with Crippen LogP contribution in [0.4, 0.5) is 5.82 Å². The van der Waals surface area contributed by atoms with Crippen molar-refractivity contribution in [3.05, 3.63) is 54.4 Å². The van der Waals surface area contributed by atoms with Gasteiger partial charge in [0.25, 0.3) is 0 Å². The van der Waals surface area contributed by atoms with Gasteiger partial charge in [-0.1, -0.05) is 36.4 Å². The maximum Gasteiger partial charge on any atom is 0.145 e. The molecule has 0 aliphatic carbocycles. The Morgan fingerprint density at radius 2 is 1.83 bits per heavy atom. The topological polar surface area (TPSA) is 102 Å². The Hall–Kier alpha value is -2.95. The van der Waals surface area contributed by atoms with Crippen molar-refractivity contribution in [3.8, 4) is 11.3 Å². The highest BCUT2D eigenvalue weighted by Crippen LogP contribution is 2.24. The Kier molecular flexibility index (Phi) is 4.70. The predicted molar refractivity (Wildman–Crippen MR) is 98.9 cm³/mol. The average Bonchev–Trinajstić information content (AvgIpc) is 2.59. The van der Waals surface area contributed by atoms with Crippen LogP contribution in [0.1, 0.15) is 25.0 Å². The van der Waals surface area contributed by atoms with Gasteiger partial charge >= 0.3 is 0 Å². The van der Waals surface area contributed by atoms with Crippen LogP contribution >= 0.6 is 0 Å². The molecular weight excluding hydrogens is 298 g/mol. The van der Waals surface area contributed by atoms with Gasteiger partial charge in [-0.05, 0) is 36.1 Å². The molecular formula is C19H21N5. The predicted octanol–water partition coefficient (Wildman–Crippen LogP) is 3.53. The minimum atomic E-state index is 0.221. The number of aryl methyl sites for hydroxylation is 1. The zero-order valence-corrected chi connectivity index (χ0v) is 13.5. The molecule has 0 atom stereocenters. The van der Waals surface area contributed by atoms with Crippen LogP contribution in [-0.2, 0) is 6.42 Å². The zero-order valence-electron chi connectivity index (χ0n) is 13.5. The summed E-state index contributed by atoms with van der Waals surface area (Å²) in [6, 6.07) is 14.5. The Morgan fingerprint density at radius 1 is 1.04 bits per heavy atom. The molecule has 0 aliphatic heterocycles. The summed E-state index contributed by atoms with van der Waals surface area (Å²) in [5, 5.41) is 9.64. The van der Waals surface area contributed by atoms with E-state index < -0.39 is 0 Å². The van der Waals surface area contributed by atoms with E-state index in [2.05, 4.69) is 35.3 Å². The van der Waals surface area contributed by atoms with E-state index in [1.165, 1.54) is 10.8 Å². The fourth-order valence-corrected chi connectivity index (χ4v) is 2.72. The molecule has 122 valence electrons. The first kappa shape index (κ1) is 15.9. The Labute approximate surface area is 141 Å². The quantitative estimate of drug-likeness (QED) is 0.367. The molecule has 5 N–H and O–H groups in total. The lowest BCUT2D eigenvalue weighted by Crippen LogP contribution is -2.09. The number of nitrogens with one attached hydrogen (secondary N) is 1. The van der Waals surface area contributed by atoms with Crippen LogP contribution in [0.5, 0.6) is 0 Å². The number of aromatic nitrogens is 2. The van der Waals surface area contributed by atoms with Crippen molar-refractivity contribution in [1.82, 2.24) is 9.97 Å². The molecule has 5 heteroatoms. The van der Waals surface area contributed by atoms with E-state index in [4.69, 9.17) is 21.9 Å². The van der Waals surface area contributed by atoms with Crippen molar-refractivity contribution >= 4 is 22.4 Å². The molecule has 0 aliphatic rings. The van der Waals surface area contributed by atoms with Crippen LogP contribution in [-0.4, -0.2) is 15.8 Å². The second-order valence-electron chi connectivity index (χ2n) is 5.88. The van der Waals surface area contributed by atoms with Gasteiger partial charge in [0, 0.05) is 12.0 Å². The third-order valence-electron chi connectivity index (χ3n) is 4.03. The van der Waals surface area contributed by atoms with E-state index in [-0.39, 0.29) is 5.84 Å². The maximum absolute atomic E-state index is 7.26. The highest BCUT2D eigenvalue weighted by atomic mass is 14.9. The van der Waals surface area contributed by atoms with Crippen LogP contribution in [0, 0.1) is 5.41 Å². The first-order valence-corrected chi connectivity index (χ1v) is 8.07. The summed E-state index contributed by atoms with van der Waals surface area (Å²) in [4.78, 5) is 8.99. The normalized spacial score (nSPS) is 10.8. The van der Waals surface area contributed by atoms with E-state index in [9.17, 15) is 0 Å². The van der Waals surface area contributed by atoms with E-state index in [0.717, 1.165) is 36.2 Å². The molecule has 5 nitrogen and oxygen atoms in total. The molecule has 3 rings (SSSR count). The third kappa shape index (κ3) is 3.68. The van der Waals surface area contributed by atoms with Crippen LogP contribution in [0.25, 0.3) is 22.0 Å². The molecule has 0 radical (unpaired) electrons. The Balaban J connectivity index is 1.82. The van der Waals surface area contributed by atoms with Crippen molar-refractivity contribution in [3.63, 3.8) is 0 Å². The largest absolute Gasteiger partial charge is 0.388 e. The third-order valence-corrected chi connectivity index (χ3v) is 4.03. The average molecular weight is 319 g/mol. The number of nitrogens with zero attached hydrogens (tertiary/aromatic N) is 2. The molecule has 24 heavy (non-hydrogen) atoms. The molecule has 0 fully saturated rings. The number of amidine groups is 1. The second kappa shape index (κ2) is 7.08. The molecule has 0 amide bonds. The van der Waals surface area contributed by atoms with Crippen LogP contribution in [0.2, 0.25) is 0 Å². The maximum atomic E-state index is 7.26. The lowest BCUT2D eigenvalue weighted by molar-refractivity contribution is 0.743. The molecule has 0 spiro atoms. The Morgan fingerprint density at radius 3 is 2.62 bits per heavy atom. The Bertz CT molecular complexity index is 873. The van der Waals surface area contributed by atoms with Gasteiger partial charge < -0.3 is 11.5 Å². The van der Waals surface area contributed by atoms with Gasteiger partial charge in [0.2, 0.25) is 0 Å². The lowest BCUT2D eigenvalue weighted by Gasteiger charge is -2.08. The van der Waals surface area contributed by atoms with Crippen molar-refractivity contribution in [1.29, 1.82) is 5.41 Å². The summed E-state index contributed by atoms with van der Waals surface area (Å²) in [5.41, 5.74) is 14.0. The minimum Gasteiger partial charge on any atom is -0.388 e. The summed E-state index contributed by atoms with van der Waals surface area (Å²) in [5.74, 6) is 0.696. The number of hydrogen-bond donors (Lipinski definition) is 3. The molecule has 3 aromatic rings. The summed E-state index contributed by atoms with van der Waals surface area (Å²) in [6.45, 7) is 0. The standard InChI is InChI=1S/C19H21N5/c20-18(21)8-4-3-7-16-19(22)23-12-17(24-16)15-10-9-13-5-1-2-6-14(13)11-15/h1-2,5-6,9-12H,3-4,7-8H2,(H3,20,21)(H2,22,23). The number of hydrogen-bond acceptors (Lipinski definition) is 4. The number of fused-ring (bicyclic) bond motifs is 1. The van der Waals surface area contributed by atoms with Crippen LogP contribution in [0.3, 0.4) is 0 Å². The number of anilines is 1. The number of unbranched alkanes of at least 4 members (excludes halogenated alkanes) is 1. The summed E-state index contributed by atoms with van der Waals surface area (Å²) >= 11 is 0. The van der Waals surface area contributed by atoms with Crippen molar-refractivity contribution in [2.24, 2.45) is 5.73 Å². The fraction of sp³-hybridized carbons (Fsp3) is 0.211. The van der Waals surface area contributed by atoms with Crippen molar-refractivity contribution in [2.75, 3.05) is 5.73 Å².